The van der Waals surface area contributed by atoms with Crippen LogP contribution in [0.4, 0.5) is 0 Å². The third-order valence-electron chi connectivity index (χ3n) is 4.06. The third kappa shape index (κ3) is 6.09. The Balaban J connectivity index is 3.19. The van der Waals surface area contributed by atoms with Crippen LogP contribution in [-0.4, -0.2) is 50.9 Å². The van der Waals surface area contributed by atoms with E-state index in [1.54, 1.807) is 6.92 Å². The number of ketones is 1. The average molecular weight is 368 g/mol. The van der Waals surface area contributed by atoms with Gasteiger partial charge in [0.1, 0.15) is 0 Å². The fraction of sp³-hybridized carbons (Fsp3) is 0.684. The zero-order valence-corrected chi connectivity index (χ0v) is 16.2. The molecule has 0 unspecified atom stereocenters. The van der Waals surface area contributed by atoms with Crippen molar-refractivity contribution in [3.8, 4) is 0 Å². The number of carbonyl (C=O) groups excluding carboxylic acids is 3. The molecule has 1 rings (SSSR count). The largest absolute Gasteiger partial charge is 0.468 e. The lowest BCUT2D eigenvalue weighted by molar-refractivity contribution is -0.160. The fourth-order valence-electron chi connectivity index (χ4n) is 2.76. The number of unbranched alkanes of at least 4 members (excludes halogenated alkanes) is 1. The van der Waals surface area contributed by atoms with Gasteiger partial charge in [-0.15, -0.1) is 5.73 Å². The Morgan fingerprint density at radius 1 is 1.12 bits per heavy atom. The highest BCUT2D eigenvalue weighted by Gasteiger charge is 2.38. The molecule has 0 radical (unpaired) electrons. The highest BCUT2D eigenvalue weighted by atomic mass is 16.7. The standard InChI is InChI=1S/C19H28O7/c1-6-7-8-14(11-13(2)12-19(3)25-9-10-26-19)16(20)15(17(21)23-4)18(22)24-5/h15H,6-10,12H2,1-5H3. The van der Waals surface area contributed by atoms with Gasteiger partial charge in [-0.05, 0) is 32.3 Å². The molecule has 1 fully saturated rings. The van der Waals surface area contributed by atoms with Crippen LogP contribution in [-0.2, 0) is 33.3 Å². The number of hydrogen-bond acceptors (Lipinski definition) is 7. The Morgan fingerprint density at radius 2 is 1.65 bits per heavy atom. The van der Waals surface area contributed by atoms with Crippen molar-refractivity contribution in [3.63, 3.8) is 0 Å². The molecule has 0 aliphatic carbocycles. The van der Waals surface area contributed by atoms with Crippen molar-refractivity contribution in [1.82, 2.24) is 0 Å². The molecule has 0 aromatic carbocycles. The molecular weight excluding hydrogens is 340 g/mol. The van der Waals surface area contributed by atoms with E-state index in [0.29, 0.717) is 26.1 Å². The van der Waals surface area contributed by atoms with Crippen molar-refractivity contribution < 1.29 is 33.3 Å². The molecule has 0 bridgehead atoms. The van der Waals surface area contributed by atoms with Crippen LogP contribution in [0.25, 0.3) is 0 Å². The van der Waals surface area contributed by atoms with E-state index in [1.165, 1.54) is 0 Å². The number of Topliss-reactive ketones (excluding diaryl/α,β-unsaturated/α-hetero) is 1. The summed E-state index contributed by atoms with van der Waals surface area (Å²) in [5.41, 5.74) is 4.06. The molecule has 0 N–H and O–H groups in total. The first kappa shape index (κ1) is 22.1. The molecule has 1 aliphatic heterocycles. The normalized spacial score (nSPS) is 15.3. The summed E-state index contributed by atoms with van der Waals surface area (Å²) < 4.78 is 20.3. The van der Waals surface area contributed by atoms with Gasteiger partial charge >= 0.3 is 11.9 Å². The molecule has 7 heteroatoms. The lowest BCUT2D eigenvalue weighted by Crippen LogP contribution is -2.34. The first-order chi connectivity index (χ1) is 12.3. The van der Waals surface area contributed by atoms with Crippen molar-refractivity contribution in [2.75, 3.05) is 27.4 Å². The van der Waals surface area contributed by atoms with Crippen LogP contribution in [0.3, 0.4) is 0 Å². The number of hydrogen-bond donors (Lipinski definition) is 0. The second kappa shape index (κ2) is 10.3. The maximum Gasteiger partial charge on any atom is 0.328 e. The SMILES string of the molecule is CCCCC(=C=C(C)CC1(C)OCCO1)C(=O)C(C(=O)OC)C(=O)OC. The second-order valence-electron chi connectivity index (χ2n) is 6.34. The van der Waals surface area contributed by atoms with Crippen LogP contribution in [0.2, 0.25) is 0 Å². The monoisotopic (exact) mass is 368 g/mol. The molecule has 146 valence electrons. The van der Waals surface area contributed by atoms with Gasteiger partial charge in [0.15, 0.2) is 11.6 Å². The minimum Gasteiger partial charge on any atom is -0.468 e. The molecule has 0 saturated carbocycles. The average Bonchev–Trinajstić information content (AvgIpc) is 3.03. The molecule has 7 nitrogen and oxygen atoms in total. The van der Waals surface area contributed by atoms with Crippen molar-refractivity contribution in [2.45, 2.75) is 52.2 Å². The number of esters is 2. The maximum atomic E-state index is 12.8. The van der Waals surface area contributed by atoms with Gasteiger partial charge in [0.05, 0.1) is 27.4 Å². The minimum absolute atomic E-state index is 0.270. The smallest absolute Gasteiger partial charge is 0.328 e. The minimum atomic E-state index is -1.63. The fourth-order valence-corrected chi connectivity index (χ4v) is 2.76. The van der Waals surface area contributed by atoms with Gasteiger partial charge < -0.3 is 18.9 Å². The van der Waals surface area contributed by atoms with E-state index in [-0.39, 0.29) is 5.57 Å². The van der Waals surface area contributed by atoms with Gasteiger partial charge in [0.2, 0.25) is 5.92 Å². The zero-order chi connectivity index (χ0) is 19.7. The molecule has 0 atom stereocenters. The van der Waals surface area contributed by atoms with Crippen LogP contribution in [0.5, 0.6) is 0 Å². The molecule has 0 aromatic heterocycles. The Hall–Kier alpha value is -1.95. The van der Waals surface area contributed by atoms with Crippen LogP contribution >= 0.6 is 0 Å². The lowest BCUT2D eigenvalue weighted by atomic mass is 9.93. The highest BCUT2D eigenvalue weighted by Crippen LogP contribution is 2.26. The lowest BCUT2D eigenvalue weighted by Gasteiger charge is -2.21. The van der Waals surface area contributed by atoms with Crippen LogP contribution in [0, 0.1) is 5.92 Å². The predicted octanol–water partition coefficient (Wildman–Crippen LogP) is 2.33. The van der Waals surface area contributed by atoms with Gasteiger partial charge in [-0.25, -0.2) is 0 Å². The maximum absolute atomic E-state index is 12.8. The number of ether oxygens (including phenoxy) is 4. The van der Waals surface area contributed by atoms with Gasteiger partial charge in [0, 0.05) is 12.0 Å². The summed E-state index contributed by atoms with van der Waals surface area (Å²) in [5.74, 6) is -4.91. The Morgan fingerprint density at radius 3 is 2.12 bits per heavy atom. The van der Waals surface area contributed by atoms with Crippen molar-refractivity contribution in [1.29, 1.82) is 0 Å². The number of methoxy groups -OCH3 is 2. The summed E-state index contributed by atoms with van der Waals surface area (Å²) in [5, 5.41) is 0. The van der Waals surface area contributed by atoms with Gasteiger partial charge in [-0.3, -0.25) is 14.4 Å². The first-order valence-electron chi connectivity index (χ1n) is 8.71. The number of rotatable bonds is 9. The van der Waals surface area contributed by atoms with Crippen molar-refractivity contribution in [2.24, 2.45) is 5.92 Å². The molecule has 1 aliphatic rings. The van der Waals surface area contributed by atoms with Crippen molar-refractivity contribution >= 4 is 17.7 Å². The zero-order valence-electron chi connectivity index (χ0n) is 16.2. The van der Waals surface area contributed by atoms with Gasteiger partial charge in [0.25, 0.3) is 0 Å². The van der Waals surface area contributed by atoms with Gasteiger partial charge in [-0.2, -0.15) is 0 Å². The van der Waals surface area contributed by atoms with E-state index in [4.69, 9.17) is 9.47 Å². The molecule has 26 heavy (non-hydrogen) atoms. The van der Waals surface area contributed by atoms with Crippen LogP contribution < -0.4 is 0 Å². The summed E-state index contributed by atoms with van der Waals surface area (Å²) in [4.78, 5) is 36.7. The third-order valence-corrected chi connectivity index (χ3v) is 4.06. The Bertz CT molecular complexity index is 577. The molecular formula is C19H28O7. The summed E-state index contributed by atoms with van der Waals surface area (Å²) in [6, 6.07) is 0. The van der Waals surface area contributed by atoms with E-state index in [1.807, 2.05) is 13.8 Å². The van der Waals surface area contributed by atoms with E-state index < -0.39 is 29.4 Å². The quantitative estimate of drug-likeness (QED) is 0.267. The van der Waals surface area contributed by atoms with Crippen LogP contribution in [0.15, 0.2) is 16.9 Å². The van der Waals surface area contributed by atoms with E-state index >= 15 is 0 Å². The Kier molecular flexibility index (Phi) is 8.72. The first-order valence-corrected chi connectivity index (χ1v) is 8.71. The summed E-state index contributed by atoms with van der Waals surface area (Å²) in [6.45, 7) is 6.65. The summed E-state index contributed by atoms with van der Waals surface area (Å²) >= 11 is 0. The molecule has 0 aromatic rings. The van der Waals surface area contributed by atoms with E-state index in [0.717, 1.165) is 32.6 Å². The molecule has 1 saturated heterocycles. The van der Waals surface area contributed by atoms with E-state index in [9.17, 15) is 14.4 Å². The summed E-state index contributed by atoms with van der Waals surface area (Å²) in [6.07, 6.45) is 2.40. The molecule has 0 spiro atoms. The summed E-state index contributed by atoms with van der Waals surface area (Å²) in [7, 11) is 2.25. The van der Waals surface area contributed by atoms with Gasteiger partial charge in [-0.1, -0.05) is 13.3 Å². The van der Waals surface area contributed by atoms with Crippen molar-refractivity contribution in [3.05, 3.63) is 16.9 Å². The van der Waals surface area contributed by atoms with Crippen LogP contribution in [0.1, 0.15) is 46.5 Å². The Labute approximate surface area is 154 Å². The highest BCUT2D eigenvalue weighted by molar-refractivity contribution is 6.20. The molecule has 0 amide bonds. The topological polar surface area (TPSA) is 88.1 Å². The van der Waals surface area contributed by atoms with E-state index in [2.05, 4.69) is 15.2 Å². The predicted molar refractivity (Wildman–Crippen MR) is 93.2 cm³/mol. The second-order valence-corrected chi connectivity index (χ2v) is 6.34. The number of carbonyl (C=O) groups is 3. The molecule has 1 heterocycles.